The molecule has 1 heterocycles. The van der Waals surface area contributed by atoms with Crippen molar-refractivity contribution >= 4 is 16.8 Å². The third-order valence-electron chi connectivity index (χ3n) is 2.98. The Morgan fingerprint density at radius 3 is 2.53 bits per heavy atom. The van der Waals surface area contributed by atoms with Crippen molar-refractivity contribution < 1.29 is 0 Å². The van der Waals surface area contributed by atoms with Gasteiger partial charge in [0, 0.05) is 5.75 Å². The van der Waals surface area contributed by atoms with Crippen LogP contribution in [0.4, 0.5) is 0 Å². The fourth-order valence-corrected chi connectivity index (χ4v) is 3.08. The minimum Gasteiger partial charge on any atom is -0.279 e. The maximum absolute atomic E-state index is 4.72. The van der Waals surface area contributed by atoms with E-state index in [4.69, 9.17) is 4.99 Å². The van der Waals surface area contributed by atoms with Crippen LogP contribution in [0.1, 0.15) is 65.2 Å². The molecule has 0 bridgehead atoms. The van der Waals surface area contributed by atoms with Crippen molar-refractivity contribution in [2.75, 3.05) is 5.75 Å². The highest BCUT2D eigenvalue weighted by atomic mass is 32.2. The summed E-state index contributed by atoms with van der Waals surface area (Å²) >= 11 is 1.99. The average Bonchev–Trinajstić information content (AvgIpc) is 2.71. The lowest BCUT2D eigenvalue weighted by Crippen LogP contribution is -1.99. The van der Waals surface area contributed by atoms with E-state index in [1.54, 1.807) is 0 Å². The van der Waals surface area contributed by atoms with Gasteiger partial charge in [0.15, 0.2) is 0 Å². The summed E-state index contributed by atoms with van der Waals surface area (Å²) in [5, 5.41) is 1.43. The largest absolute Gasteiger partial charge is 0.279 e. The van der Waals surface area contributed by atoms with E-state index in [-0.39, 0.29) is 0 Å². The Bertz CT molecular complexity index is 189. The van der Waals surface area contributed by atoms with Crippen molar-refractivity contribution in [2.24, 2.45) is 4.99 Å². The van der Waals surface area contributed by atoms with Gasteiger partial charge in [0.1, 0.15) is 0 Å². The molecule has 0 aliphatic carbocycles. The zero-order valence-corrected chi connectivity index (χ0v) is 11.1. The van der Waals surface area contributed by atoms with Gasteiger partial charge in [-0.3, -0.25) is 4.99 Å². The predicted molar refractivity (Wildman–Crippen MR) is 72.0 cm³/mol. The van der Waals surface area contributed by atoms with Crippen molar-refractivity contribution in [1.29, 1.82) is 0 Å². The molecule has 1 aliphatic rings. The minimum absolute atomic E-state index is 0.630. The van der Waals surface area contributed by atoms with Gasteiger partial charge in [0.25, 0.3) is 0 Å². The Balaban J connectivity index is 1.96. The zero-order valence-electron chi connectivity index (χ0n) is 10.3. The van der Waals surface area contributed by atoms with E-state index in [1.807, 2.05) is 11.8 Å². The van der Waals surface area contributed by atoms with E-state index >= 15 is 0 Å². The second-order valence-electron chi connectivity index (χ2n) is 4.41. The van der Waals surface area contributed by atoms with Gasteiger partial charge < -0.3 is 0 Å². The lowest BCUT2D eigenvalue weighted by molar-refractivity contribution is 0.615. The highest BCUT2D eigenvalue weighted by Gasteiger charge is 2.15. The topological polar surface area (TPSA) is 12.4 Å². The van der Waals surface area contributed by atoms with Crippen LogP contribution < -0.4 is 0 Å². The highest BCUT2D eigenvalue weighted by molar-refractivity contribution is 8.14. The summed E-state index contributed by atoms with van der Waals surface area (Å²) in [6, 6.07) is 0.630. The maximum atomic E-state index is 4.72. The molecule has 15 heavy (non-hydrogen) atoms. The number of thioether (sulfide) groups is 1. The van der Waals surface area contributed by atoms with E-state index < -0.39 is 0 Å². The van der Waals surface area contributed by atoms with Gasteiger partial charge in [0.05, 0.1) is 11.1 Å². The molecule has 88 valence electrons. The molecule has 1 atom stereocenters. The van der Waals surface area contributed by atoms with Crippen LogP contribution in [0.5, 0.6) is 0 Å². The first-order chi connectivity index (χ1) is 7.36. The molecule has 0 saturated heterocycles. The monoisotopic (exact) mass is 227 g/mol. The quantitative estimate of drug-likeness (QED) is 0.549. The highest BCUT2D eigenvalue weighted by Crippen LogP contribution is 2.23. The molecule has 0 fully saturated rings. The Hall–Kier alpha value is 0.0200. The molecule has 0 saturated carbocycles. The summed E-state index contributed by atoms with van der Waals surface area (Å²) in [6.07, 6.45) is 10.8. The Kier molecular flexibility index (Phi) is 7.16. The Labute approximate surface area is 99.1 Å². The summed E-state index contributed by atoms with van der Waals surface area (Å²) in [5.41, 5.74) is 0. The molecule has 2 heteroatoms. The van der Waals surface area contributed by atoms with Crippen LogP contribution >= 0.6 is 11.8 Å². The van der Waals surface area contributed by atoms with Crippen LogP contribution in [-0.4, -0.2) is 16.8 Å². The first-order valence-electron chi connectivity index (χ1n) is 6.56. The fourth-order valence-electron chi connectivity index (χ4n) is 1.87. The van der Waals surface area contributed by atoms with Crippen LogP contribution in [0.2, 0.25) is 0 Å². The van der Waals surface area contributed by atoms with E-state index in [1.165, 1.54) is 62.2 Å². The third kappa shape index (κ3) is 5.60. The smallest absolute Gasteiger partial charge is 0.0680 e. The summed E-state index contributed by atoms with van der Waals surface area (Å²) in [7, 11) is 0. The summed E-state index contributed by atoms with van der Waals surface area (Å²) in [4.78, 5) is 4.72. The lowest BCUT2D eigenvalue weighted by Gasteiger charge is -2.00. The van der Waals surface area contributed by atoms with Crippen molar-refractivity contribution in [3.05, 3.63) is 0 Å². The number of unbranched alkanes of at least 4 members (excludes halogenated alkanes) is 5. The molecule has 0 amide bonds. The van der Waals surface area contributed by atoms with Crippen molar-refractivity contribution in [2.45, 2.75) is 71.3 Å². The van der Waals surface area contributed by atoms with Gasteiger partial charge in [-0.2, -0.15) is 0 Å². The summed E-state index contributed by atoms with van der Waals surface area (Å²) < 4.78 is 0. The predicted octanol–water partition coefficient (Wildman–Crippen LogP) is 4.66. The van der Waals surface area contributed by atoms with Crippen LogP contribution in [0, 0.1) is 0 Å². The lowest BCUT2D eigenvalue weighted by atomic mass is 10.1. The van der Waals surface area contributed by atoms with Crippen LogP contribution in [0.15, 0.2) is 4.99 Å². The molecule has 1 rings (SSSR count). The summed E-state index contributed by atoms with van der Waals surface area (Å²) in [5.74, 6) is 1.24. The van der Waals surface area contributed by atoms with Crippen molar-refractivity contribution in [3.8, 4) is 0 Å². The molecular formula is C13H25NS. The molecule has 0 aromatic rings. The molecule has 0 aromatic carbocycles. The second kappa shape index (κ2) is 8.20. The van der Waals surface area contributed by atoms with Crippen LogP contribution in [0.25, 0.3) is 0 Å². The number of aliphatic imine (C=N–C) groups is 1. The number of rotatable bonds is 8. The molecular weight excluding hydrogens is 202 g/mol. The van der Waals surface area contributed by atoms with Gasteiger partial charge in [-0.25, -0.2) is 0 Å². The van der Waals surface area contributed by atoms with Crippen molar-refractivity contribution in [1.82, 2.24) is 0 Å². The molecule has 0 spiro atoms. The van der Waals surface area contributed by atoms with Gasteiger partial charge in [-0.05, 0) is 19.3 Å². The van der Waals surface area contributed by atoms with E-state index in [0.717, 1.165) is 0 Å². The average molecular weight is 227 g/mol. The number of hydrogen-bond acceptors (Lipinski definition) is 2. The van der Waals surface area contributed by atoms with Crippen LogP contribution in [0.3, 0.4) is 0 Å². The zero-order chi connectivity index (χ0) is 10.9. The standard InChI is InChI=1S/C13H25NS/c1-3-5-6-7-8-9-10-13-14-12(4-2)11-15-13/h12H,3-11H2,1-2H3. The first kappa shape index (κ1) is 13.1. The molecule has 1 unspecified atom stereocenters. The fraction of sp³-hybridized carbons (Fsp3) is 0.923. The molecule has 1 nitrogen and oxygen atoms in total. The van der Waals surface area contributed by atoms with Gasteiger partial charge >= 0.3 is 0 Å². The number of nitrogens with zero attached hydrogens (tertiary/aromatic N) is 1. The van der Waals surface area contributed by atoms with Crippen LogP contribution in [-0.2, 0) is 0 Å². The first-order valence-corrected chi connectivity index (χ1v) is 7.54. The molecule has 0 radical (unpaired) electrons. The second-order valence-corrected chi connectivity index (χ2v) is 5.51. The van der Waals surface area contributed by atoms with E-state index in [9.17, 15) is 0 Å². The molecule has 0 N–H and O–H groups in total. The maximum Gasteiger partial charge on any atom is 0.0680 e. The normalized spacial score (nSPS) is 20.7. The molecule has 0 aromatic heterocycles. The Morgan fingerprint density at radius 2 is 1.87 bits per heavy atom. The third-order valence-corrected chi connectivity index (χ3v) is 4.18. The van der Waals surface area contributed by atoms with Crippen molar-refractivity contribution in [3.63, 3.8) is 0 Å². The van der Waals surface area contributed by atoms with E-state index in [2.05, 4.69) is 13.8 Å². The van der Waals surface area contributed by atoms with Gasteiger partial charge in [0.2, 0.25) is 0 Å². The SMILES string of the molecule is CCCCCCCCC1=NC(CC)CS1. The van der Waals surface area contributed by atoms with Gasteiger partial charge in [-0.1, -0.05) is 46.0 Å². The summed E-state index contributed by atoms with van der Waals surface area (Å²) in [6.45, 7) is 4.51. The van der Waals surface area contributed by atoms with E-state index in [0.29, 0.717) is 6.04 Å². The molecule has 1 aliphatic heterocycles. The van der Waals surface area contributed by atoms with Gasteiger partial charge in [-0.15, -0.1) is 11.8 Å². The Morgan fingerprint density at radius 1 is 1.13 bits per heavy atom. The minimum atomic E-state index is 0.630. The number of hydrogen-bond donors (Lipinski definition) is 0.